The van der Waals surface area contributed by atoms with Gasteiger partial charge in [-0.05, 0) is 30.9 Å². The first kappa shape index (κ1) is 15.6. The average molecular weight is 291 g/mol. The molecule has 1 aromatic rings. The van der Waals surface area contributed by atoms with Gasteiger partial charge in [0, 0.05) is 12.2 Å². The minimum absolute atomic E-state index is 0.0591. The Morgan fingerprint density at radius 2 is 2.10 bits per heavy atom. The van der Waals surface area contributed by atoms with Crippen molar-refractivity contribution in [3.05, 3.63) is 24.0 Å². The summed E-state index contributed by atoms with van der Waals surface area (Å²) in [5.41, 5.74) is 0.483. The molecule has 1 aliphatic rings. The third-order valence-electron chi connectivity index (χ3n) is 4.33. The molecule has 1 aliphatic carbocycles. The van der Waals surface area contributed by atoms with Crippen LogP contribution in [0.1, 0.15) is 56.4 Å². The van der Waals surface area contributed by atoms with E-state index in [4.69, 9.17) is 0 Å². The van der Waals surface area contributed by atoms with Gasteiger partial charge in [0.15, 0.2) is 0 Å². The highest BCUT2D eigenvalue weighted by molar-refractivity contribution is 5.96. The molecule has 0 bridgehead atoms. The topological polar surface area (TPSA) is 74.0 Å². The van der Waals surface area contributed by atoms with Gasteiger partial charge in [0.1, 0.15) is 11.7 Å². The van der Waals surface area contributed by atoms with Gasteiger partial charge in [-0.25, -0.2) is 0 Å². The lowest BCUT2D eigenvalue weighted by Crippen LogP contribution is -2.52. The number of rotatable bonds is 6. The summed E-state index contributed by atoms with van der Waals surface area (Å²) in [7, 11) is 0. The molecular formula is C16H25N3O2. The summed E-state index contributed by atoms with van der Waals surface area (Å²) in [6.45, 7) is 4.02. The maximum atomic E-state index is 12.5. The second kappa shape index (κ2) is 7.29. The van der Waals surface area contributed by atoms with E-state index in [0.29, 0.717) is 5.69 Å². The first-order valence-electron chi connectivity index (χ1n) is 7.86. The number of aromatic nitrogens is 1. The lowest BCUT2D eigenvalue weighted by Gasteiger charge is -2.25. The fourth-order valence-electron chi connectivity index (χ4n) is 2.75. The Bertz CT molecular complexity index is 464. The fraction of sp³-hybridized carbons (Fsp3) is 0.625. The molecule has 3 N–H and O–H groups in total. The SMILES string of the molecule is CCC(C)[C@H](NC(=O)c1ccc[nH]1)C(=O)NC1CCCC1. The molecule has 1 fully saturated rings. The summed E-state index contributed by atoms with van der Waals surface area (Å²) >= 11 is 0. The van der Waals surface area contributed by atoms with E-state index in [1.54, 1.807) is 18.3 Å². The Morgan fingerprint density at radius 3 is 2.67 bits per heavy atom. The highest BCUT2D eigenvalue weighted by Gasteiger charge is 2.28. The average Bonchev–Trinajstić information content (AvgIpc) is 3.16. The van der Waals surface area contributed by atoms with Crippen molar-refractivity contribution < 1.29 is 9.59 Å². The molecule has 2 atom stereocenters. The maximum absolute atomic E-state index is 12.5. The van der Waals surface area contributed by atoms with Gasteiger partial charge in [0.2, 0.25) is 5.91 Å². The molecule has 0 aliphatic heterocycles. The number of carbonyl (C=O) groups is 2. The van der Waals surface area contributed by atoms with Crippen molar-refractivity contribution in [2.24, 2.45) is 5.92 Å². The van der Waals surface area contributed by atoms with Crippen molar-refractivity contribution >= 4 is 11.8 Å². The van der Waals surface area contributed by atoms with E-state index >= 15 is 0 Å². The van der Waals surface area contributed by atoms with E-state index in [1.165, 1.54) is 12.8 Å². The van der Waals surface area contributed by atoms with Crippen LogP contribution in [0.3, 0.4) is 0 Å². The zero-order valence-corrected chi connectivity index (χ0v) is 12.8. The van der Waals surface area contributed by atoms with Gasteiger partial charge in [-0.1, -0.05) is 33.1 Å². The minimum atomic E-state index is -0.480. The molecule has 0 radical (unpaired) electrons. The van der Waals surface area contributed by atoms with Crippen LogP contribution in [0.15, 0.2) is 18.3 Å². The highest BCUT2D eigenvalue weighted by Crippen LogP contribution is 2.18. The van der Waals surface area contributed by atoms with Crippen molar-refractivity contribution in [3.63, 3.8) is 0 Å². The smallest absolute Gasteiger partial charge is 0.268 e. The first-order chi connectivity index (χ1) is 10.1. The quantitative estimate of drug-likeness (QED) is 0.752. The van der Waals surface area contributed by atoms with Crippen LogP contribution in [0.5, 0.6) is 0 Å². The van der Waals surface area contributed by atoms with Gasteiger partial charge in [-0.3, -0.25) is 9.59 Å². The second-order valence-corrected chi connectivity index (χ2v) is 5.91. The van der Waals surface area contributed by atoms with Crippen molar-refractivity contribution in [2.45, 2.75) is 58.0 Å². The number of carbonyl (C=O) groups excluding carboxylic acids is 2. The molecule has 1 saturated carbocycles. The van der Waals surface area contributed by atoms with Gasteiger partial charge in [-0.15, -0.1) is 0 Å². The normalized spacial score (nSPS) is 18.2. The number of nitrogens with one attached hydrogen (secondary N) is 3. The van der Waals surface area contributed by atoms with Crippen LogP contribution in [0.25, 0.3) is 0 Å². The molecule has 0 aromatic carbocycles. The molecule has 1 heterocycles. The lowest BCUT2D eigenvalue weighted by atomic mass is 9.97. The molecule has 1 unspecified atom stereocenters. The number of hydrogen-bond donors (Lipinski definition) is 3. The molecule has 21 heavy (non-hydrogen) atoms. The summed E-state index contributed by atoms with van der Waals surface area (Å²) < 4.78 is 0. The Labute approximate surface area is 125 Å². The Morgan fingerprint density at radius 1 is 1.38 bits per heavy atom. The lowest BCUT2D eigenvalue weighted by molar-refractivity contribution is -0.124. The molecule has 2 rings (SSSR count). The number of H-pyrrole nitrogens is 1. The van der Waals surface area contributed by atoms with Crippen molar-refractivity contribution in [3.8, 4) is 0 Å². The van der Waals surface area contributed by atoms with Crippen molar-refractivity contribution in [1.29, 1.82) is 0 Å². The second-order valence-electron chi connectivity index (χ2n) is 5.91. The van der Waals surface area contributed by atoms with E-state index in [9.17, 15) is 9.59 Å². The van der Waals surface area contributed by atoms with Crippen LogP contribution in [0.4, 0.5) is 0 Å². The van der Waals surface area contributed by atoms with Crippen molar-refractivity contribution in [2.75, 3.05) is 0 Å². The molecule has 2 amide bonds. The van der Waals surface area contributed by atoms with Gasteiger partial charge < -0.3 is 15.6 Å². The summed E-state index contributed by atoms with van der Waals surface area (Å²) in [6, 6.07) is 3.27. The molecule has 1 aromatic heterocycles. The fourth-order valence-corrected chi connectivity index (χ4v) is 2.75. The van der Waals surface area contributed by atoms with Crippen LogP contribution in [-0.4, -0.2) is 28.9 Å². The van der Waals surface area contributed by atoms with Gasteiger partial charge in [0.05, 0.1) is 0 Å². The third-order valence-corrected chi connectivity index (χ3v) is 4.33. The standard InChI is InChI=1S/C16H25N3O2/c1-3-11(2)14(16(21)18-12-7-4-5-8-12)19-15(20)13-9-6-10-17-13/h6,9-12,14,17H,3-5,7-8H2,1-2H3,(H,18,21)(H,19,20)/t11?,14-/m0/s1. The molecule has 5 nitrogen and oxygen atoms in total. The Balaban J connectivity index is 1.99. The highest BCUT2D eigenvalue weighted by atomic mass is 16.2. The Kier molecular flexibility index (Phi) is 5.42. The van der Waals surface area contributed by atoms with E-state index in [-0.39, 0.29) is 23.8 Å². The minimum Gasteiger partial charge on any atom is -0.357 e. The van der Waals surface area contributed by atoms with Crippen LogP contribution in [-0.2, 0) is 4.79 Å². The maximum Gasteiger partial charge on any atom is 0.268 e. The number of aromatic amines is 1. The van der Waals surface area contributed by atoms with Crippen LogP contribution in [0, 0.1) is 5.92 Å². The Hall–Kier alpha value is -1.78. The number of amides is 2. The molecule has 116 valence electrons. The van der Waals surface area contributed by atoms with E-state index in [1.807, 2.05) is 13.8 Å². The van der Waals surface area contributed by atoms with Crippen LogP contribution in [0.2, 0.25) is 0 Å². The molecule has 0 spiro atoms. The van der Waals surface area contributed by atoms with E-state index in [2.05, 4.69) is 15.6 Å². The van der Waals surface area contributed by atoms with Crippen LogP contribution < -0.4 is 10.6 Å². The van der Waals surface area contributed by atoms with E-state index < -0.39 is 6.04 Å². The summed E-state index contributed by atoms with van der Waals surface area (Å²) in [6.07, 6.45) is 6.98. The largest absolute Gasteiger partial charge is 0.357 e. The predicted molar refractivity (Wildman–Crippen MR) is 81.9 cm³/mol. The predicted octanol–water partition coefficient (Wildman–Crippen LogP) is 2.22. The third kappa shape index (κ3) is 4.09. The first-order valence-corrected chi connectivity index (χ1v) is 7.86. The van der Waals surface area contributed by atoms with Crippen molar-refractivity contribution in [1.82, 2.24) is 15.6 Å². The summed E-state index contributed by atoms with van der Waals surface area (Å²) in [5.74, 6) is -0.187. The summed E-state index contributed by atoms with van der Waals surface area (Å²) in [5, 5.41) is 5.94. The van der Waals surface area contributed by atoms with Crippen LogP contribution >= 0.6 is 0 Å². The molecule has 5 heteroatoms. The monoisotopic (exact) mass is 291 g/mol. The molecule has 0 saturated heterocycles. The van der Waals surface area contributed by atoms with Gasteiger partial charge >= 0.3 is 0 Å². The zero-order valence-electron chi connectivity index (χ0n) is 12.8. The van der Waals surface area contributed by atoms with E-state index in [0.717, 1.165) is 19.3 Å². The molecular weight excluding hydrogens is 266 g/mol. The van der Waals surface area contributed by atoms with Gasteiger partial charge in [0.25, 0.3) is 5.91 Å². The van der Waals surface area contributed by atoms with Gasteiger partial charge in [-0.2, -0.15) is 0 Å². The summed E-state index contributed by atoms with van der Waals surface area (Å²) in [4.78, 5) is 27.5. The number of hydrogen-bond acceptors (Lipinski definition) is 2. The zero-order chi connectivity index (χ0) is 15.2.